The zero-order chi connectivity index (χ0) is 14.6. The SMILES string of the molecule is COCCNC1(c2nc(C)cs2)CCCC(C)(C)CC1. The van der Waals surface area contributed by atoms with Gasteiger partial charge in [-0.2, -0.15) is 0 Å². The van der Waals surface area contributed by atoms with Gasteiger partial charge in [0.15, 0.2) is 0 Å². The van der Waals surface area contributed by atoms with E-state index in [1.165, 1.54) is 37.1 Å². The Morgan fingerprint density at radius 1 is 1.30 bits per heavy atom. The van der Waals surface area contributed by atoms with E-state index in [1.807, 2.05) is 11.3 Å². The largest absolute Gasteiger partial charge is 0.383 e. The number of methoxy groups -OCH3 is 1. The van der Waals surface area contributed by atoms with Crippen molar-refractivity contribution in [2.75, 3.05) is 20.3 Å². The summed E-state index contributed by atoms with van der Waals surface area (Å²) in [5, 5.41) is 7.21. The summed E-state index contributed by atoms with van der Waals surface area (Å²) in [5.74, 6) is 0. The second-order valence-electron chi connectivity index (χ2n) is 6.81. The molecule has 1 saturated carbocycles. The molecule has 0 aromatic carbocycles. The van der Waals surface area contributed by atoms with Crippen molar-refractivity contribution in [1.82, 2.24) is 10.3 Å². The van der Waals surface area contributed by atoms with Crippen LogP contribution in [0.15, 0.2) is 5.38 Å². The predicted octanol–water partition coefficient (Wildman–Crippen LogP) is 3.87. The van der Waals surface area contributed by atoms with Crippen LogP contribution in [0.4, 0.5) is 0 Å². The summed E-state index contributed by atoms with van der Waals surface area (Å²) in [7, 11) is 1.76. The number of thiazole rings is 1. The predicted molar refractivity (Wildman–Crippen MR) is 85.3 cm³/mol. The summed E-state index contributed by atoms with van der Waals surface area (Å²) in [6.45, 7) is 8.53. The van der Waals surface area contributed by atoms with Gasteiger partial charge in [-0.1, -0.05) is 20.3 Å². The second-order valence-corrected chi connectivity index (χ2v) is 7.67. The average Bonchev–Trinajstić information content (AvgIpc) is 2.76. The molecular weight excluding hydrogens is 268 g/mol. The van der Waals surface area contributed by atoms with E-state index < -0.39 is 0 Å². The van der Waals surface area contributed by atoms with Gasteiger partial charge in [0.05, 0.1) is 12.1 Å². The quantitative estimate of drug-likeness (QED) is 0.661. The lowest BCUT2D eigenvalue weighted by Crippen LogP contribution is -2.43. The Labute approximate surface area is 127 Å². The Bertz CT molecular complexity index is 430. The number of ether oxygens (including phenoxy) is 1. The van der Waals surface area contributed by atoms with Crippen LogP contribution in [0.1, 0.15) is 56.7 Å². The van der Waals surface area contributed by atoms with E-state index in [0.29, 0.717) is 5.41 Å². The molecule has 1 aliphatic rings. The maximum absolute atomic E-state index is 5.21. The molecule has 0 radical (unpaired) electrons. The molecule has 1 aromatic heterocycles. The molecule has 1 aromatic rings. The summed E-state index contributed by atoms with van der Waals surface area (Å²) in [6, 6.07) is 0. The molecule has 3 nitrogen and oxygen atoms in total. The molecule has 0 amide bonds. The monoisotopic (exact) mass is 296 g/mol. The molecular formula is C16H28N2OS. The van der Waals surface area contributed by atoms with Gasteiger partial charge in [0.25, 0.3) is 0 Å². The van der Waals surface area contributed by atoms with Crippen molar-refractivity contribution < 1.29 is 4.74 Å². The molecule has 20 heavy (non-hydrogen) atoms. The Kier molecular flexibility index (Phi) is 5.21. The molecule has 0 spiro atoms. The first-order valence-electron chi connectivity index (χ1n) is 7.64. The van der Waals surface area contributed by atoms with Crippen molar-refractivity contribution in [1.29, 1.82) is 0 Å². The first-order valence-corrected chi connectivity index (χ1v) is 8.52. The van der Waals surface area contributed by atoms with Crippen molar-refractivity contribution in [3.8, 4) is 0 Å². The number of rotatable bonds is 5. The minimum atomic E-state index is 0.0607. The van der Waals surface area contributed by atoms with Crippen molar-refractivity contribution >= 4 is 11.3 Å². The zero-order valence-corrected chi connectivity index (χ0v) is 14.1. The Morgan fingerprint density at radius 3 is 2.75 bits per heavy atom. The van der Waals surface area contributed by atoms with E-state index in [-0.39, 0.29) is 5.54 Å². The van der Waals surface area contributed by atoms with Gasteiger partial charge in [0, 0.05) is 24.7 Å². The van der Waals surface area contributed by atoms with E-state index in [0.717, 1.165) is 18.8 Å². The maximum Gasteiger partial charge on any atom is 0.113 e. The minimum Gasteiger partial charge on any atom is -0.383 e. The number of nitrogens with zero attached hydrogens (tertiary/aromatic N) is 1. The van der Waals surface area contributed by atoms with Crippen LogP contribution in [0.25, 0.3) is 0 Å². The number of aromatic nitrogens is 1. The van der Waals surface area contributed by atoms with Crippen LogP contribution in [0.3, 0.4) is 0 Å². The molecule has 114 valence electrons. The third-order valence-corrected chi connectivity index (χ3v) is 5.65. The van der Waals surface area contributed by atoms with Crippen LogP contribution in [0, 0.1) is 12.3 Å². The smallest absolute Gasteiger partial charge is 0.113 e. The molecule has 0 aliphatic heterocycles. The molecule has 1 heterocycles. The van der Waals surface area contributed by atoms with Gasteiger partial charge in [-0.3, -0.25) is 0 Å². The summed E-state index contributed by atoms with van der Waals surface area (Å²) in [5.41, 5.74) is 1.66. The van der Waals surface area contributed by atoms with E-state index >= 15 is 0 Å². The first kappa shape index (κ1) is 15.9. The topological polar surface area (TPSA) is 34.1 Å². The fraction of sp³-hybridized carbons (Fsp3) is 0.812. The number of hydrogen-bond donors (Lipinski definition) is 1. The van der Waals surface area contributed by atoms with Gasteiger partial charge in [0.2, 0.25) is 0 Å². The van der Waals surface area contributed by atoms with E-state index in [1.54, 1.807) is 7.11 Å². The van der Waals surface area contributed by atoms with E-state index in [2.05, 4.69) is 31.5 Å². The third-order valence-electron chi connectivity index (χ3n) is 4.48. The summed E-state index contributed by atoms with van der Waals surface area (Å²) >= 11 is 1.81. The van der Waals surface area contributed by atoms with Crippen LogP contribution < -0.4 is 5.32 Å². The molecule has 1 fully saturated rings. The van der Waals surface area contributed by atoms with Gasteiger partial charge in [0.1, 0.15) is 5.01 Å². The molecule has 0 saturated heterocycles. The lowest BCUT2D eigenvalue weighted by Gasteiger charge is -2.33. The Balaban J connectivity index is 2.19. The van der Waals surface area contributed by atoms with Crippen LogP contribution in [0.2, 0.25) is 0 Å². The third kappa shape index (κ3) is 3.80. The standard InChI is InChI=1S/C16H28N2OS/c1-13-12-20-14(18-13)16(17-10-11-19-4)7-5-6-15(2,3)8-9-16/h12,17H,5-11H2,1-4H3. The second kappa shape index (κ2) is 6.54. The van der Waals surface area contributed by atoms with Gasteiger partial charge in [-0.05, 0) is 38.0 Å². The summed E-state index contributed by atoms with van der Waals surface area (Å²) < 4.78 is 5.21. The van der Waals surface area contributed by atoms with Gasteiger partial charge in [-0.15, -0.1) is 11.3 Å². The first-order chi connectivity index (χ1) is 9.47. The fourth-order valence-corrected chi connectivity index (χ4v) is 4.14. The van der Waals surface area contributed by atoms with Gasteiger partial charge < -0.3 is 10.1 Å². The lowest BCUT2D eigenvalue weighted by molar-refractivity contribution is 0.175. The van der Waals surface area contributed by atoms with Crippen LogP contribution in [0.5, 0.6) is 0 Å². The van der Waals surface area contributed by atoms with Crippen molar-refractivity contribution in [2.45, 2.75) is 58.4 Å². The molecule has 4 heteroatoms. The van der Waals surface area contributed by atoms with Gasteiger partial charge >= 0.3 is 0 Å². The van der Waals surface area contributed by atoms with Crippen molar-refractivity contribution in [2.24, 2.45) is 5.41 Å². The molecule has 2 rings (SSSR count). The van der Waals surface area contributed by atoms with E-state index in [9.17, 15) is 0 Å². The fourth-order valence-electron chi connectivity index (χ4n) is 3.10. The normalized spacial score (nSPS) is 26.4. The lowest BCUT2D eigenvalue weighted by atomic mass is 9.83. The number of hydrogen-bond acceptors (Lipinski definition) is 4. The molecule has 1 atom stereocenters. The number of nitrogens with one attached hydrogen (secondary N) is 1. The zero-order valence-electron chi connectivity index (χ0n) is 13.3. The highest BCUT2D eigenvalue weighted by atomic mass is 32.1. The van der Waals surface area contributed by atoms with E-state index in [4.69, 9.17) is 9.72 Å². The van der Waals surface area contributed by atoms with Crippen molar-refractivity contribution in [3.05, 3.63) is 16.1 Å². The minimum absolute atomic E-state index is 0.0607. The summed E-state index contributed by atoms with van der Waals surface area (Å²) in [6.07, 6.45) is 6.20. The average molecular weight is 296 g/mol. The number of aryl methyl sites for hydroxylation is 1. The molecule has 1 N–H and O–H groups in total. The highest BCUT2D eigenvalue weighted by molar-refractivity contribution is 7.09. The highest BCUT2D eigenvalue weighted by Gasteiger charge is 2.38. The molecule has 1 unspecified atom stereocenters. The Morgan fingerprint density at radius 2 is 2.10 bits per heavy atom. The Hall–Kier alpha value is -0.450. The van der Waals surface area contributed by atoms with Crippen LogP contribution >= 0.6 is 11.3 Å². The summed E-state index contributed by atoms with van der Waals surface area (Å²) in [4.78, 5) is 4.79. The molecule has 1 aliphatic carbocycles. The maximum atomic E-state index is 5.21. The van der Waals surface area contributed by atoms with Gasteiger partial charge in [-0.25, -0.2) is 4.98 Å². The van der Waals surface area contributed by atoms with Crippen LogP contribution in [-0.2, 0) is 10.3 Å². The van der Waals surface area contributed by atoms with Crippen LogP contribution in [-0.4, -0.2) is 25.2 Å². The van der Waals surface area contributed by atoms with Crippen molar-refractivity contribution in [3.63, 3.8) is 0 Å². The molecule has 0 bridgehead atoms. The highest BCUT2D eigenvalue weighted by Crippen LogP contribution is 2.43.